The lowest BCUT2D eigenvalue weighted by molar-refractivity contribution is 0.0725. The van der Waals surface area contributed by atoms with Crippen LogP contribution < -0.4 is 4.72 Å². The van der Waals surface area contributed by atoms with E-state index in [9.17, 15) is 8.42 Å². The number of morpholine rings is 1. The van der Waals surface area contributed by atoms with Gasteiger partial charge in [-0.3, -0.25) is 5.10 Å². The lowest BCUT2D eigenvalue weighted by atomic mass is 10.1. The van der Waals surface area contributed by atoms with Crippen LogP contribution in [0.2, 0.25) is 0 Å². The molecule has 2 N–H and O–H groups in total. The van der Waals surface area contributed by atoms with Crippen LogP contribution in [0.25, 0.3) is 0 Å². The molecule has 0 unspecified atom stereocenters. The number of nitrogens with one attached hydrogen (secondary N) is 2. The Balaban J connectivity index is 1.74. The first-order valence-electron chi connectivity index (χ1n) is 6.41. The second kappa shape index (κ2) is 6.47. The number of aromatic amines is 1. The van der Waals surface area contributed by atoms with Crippen molar-refractivity contribution < 1.29 is 13.2 Å². The third-order valence-corrected chi connectivity index (χ3v) is 4.77. The molecule has 2 rings (SSSR count). The van der Waals surface area contributed by atoms with Gasteiger partial charge in [0, 0.05) is 25.3 Å². The fourth-order valence-electron chi connectivity index (χ4n) is 1.99. The Hall–Kier alpha value is -0.960. The molecule has 0 spiro atoms. The summed E-state index contributed by atoms with van der Waals surface area (Å²) in [5.41, 5.74) is 2.17. The van der Waals surface area contributed by atoms with Crippen molar-refractivity contribution in [3.05, 3.63) is 17.5 Å². The number of nitrogens with zero attached hydrogens (tertiary/aromatic N) is 2. The molecule has 2 heterocycles. The molecule has 0 aromatic carbocycles. The molecule has 0 bridgehead atoms. The molecule has 108 valence electrons. The molecule has 1 fully saturated rings. The molecular formula is C11H20N4O3S. The van der Waals surface area contributed by atoms with Gasteiger partial charge in [0.2, 0.25) is 0 Å². The number of ether oxygens (including phenoxy) is 1. The molecule has 7 nitrogen and oxygen atoms in total. The molecule has 1 aliphatic rings. The third-order valence-electron chi connectivity index (χ3n) is 3.15. The Morgan fingerprint density at radius 1 is 1.47 bits per heavy atom. The molecule has 19 heavy (non-hydrogen) atoms. The average Bonchev–Trinajstić information content (AvgIpc) is 2.81. The SMILES string of the molecule is Cc1[nH]ncc1CCCNS(=O)(=O)N1CCOCC1. The van der Waals surface area contributed by atoms with Crippen LogP contribution in [0.3, 0.4) is 0 Å². The highest BCUT2D eigenvalue weighted by molar-refractivity contribution is 7.87. The lowest BCUT2D eigenvalue weighted by Crippen LogP contribution is -2.46. The molecule has 1 aliphatic heterocycles. The molecule has 8 heteroatoms. The fourth-order valence-corrected chi connectivity index (χ4v) is 3.20. The first kappa shape index (κ1) is 14.4. The quantitative estimate of drug-likeness (QED) is 0.711. The smallest absolute Gasteiger partial charge is 0.279 e. The van der Waals surface area contributed by atoms with Crippen molar-refractivity contribution in [2.24, 2.45) is 0 Å². The number of H-pyrrole nitrogens is 1. The van der Waals surface area contributed by atoms with Gasteiger partial charge in [0.25, 0.3) is 10.2 Å². The predicted octanol–water partition coefficient (Wildman–Crippen LogP) is -0.183. The van der Waals surface area contributed by atoms with Crippen molar-refractivity contribution in [2.45, 2.75) is 19.8 Å². The van der Waals surface area contributed by atoms with Crippen LogP contribution in [0, 0.1) is 6.92 Å². The van der Waals surface area contributed by atoms with E-state index in [0.29, 0.717) is 32.8 Å². The Kier molecular flexibility index (Phi) is 4.92. The van der Waals surface area contributed by atoms with E-state index >= 15 is 0 Å². The zero-order valence-corrected chi connectivity index (χ0v) is 11.9. The minimum absolute atomic E-state index is 0.427. The number of aryl methyl sites for hydroxylation is 2. The predicted molar refractivity (Wildman–Crippen MR) is 71.0 cm³/mol. The highest BCUT2D eigenvalue weighted by Gasteiger charge is 2.23. The van der Waals surface area contributed by atoms with Gasteiger partial charge in [-0.05, 0) is 25.3 Å². The molecular weight excluding hydrogens is 268 g/mol. The maximum absolute atomic E-state index is 12.0. The Morgan fingerprint density at radius 2 is 2.21 bits per heavy atom. The van der Waals surface area contributed by atoms with Gasteiger partial charge in [0.1, 0.15) is 0 Å². The van der Waals surface area contributed by atoms with Gasteiger partial charge in [-0.1, -0.05) is 0 Å². The van der Waals surface area contributed by atoms with Crippen LogP contribution in [-0.4, -0.2) is 55.8 Å². The molecule has 0 aliphatic carbocycles. The minimum atomic E-state index is -3.35. The van der Waals surface area contributed by atoms with Crippen LogP contribution in [0.15, 0.2) is 6.20 Å². The van der Waals surface area contributed by atoms with Gasteiger partial charge in [-0.2, -0.15) is 17.8 Å². The number of aromatic nitrogens is 2. The Labute approximate surface area is 113 Å². The first-order valence-corrected chi connectivity index (χ1v) is 7.85. The van der Waals surface area contributed by atoms with Crippen molar-refractivity contribution in [3.63, 3.8) is 0 Å². The summed E-state index contributed by atoms with van der Waals surface area (Å²) < 4.78 is 33.1. The average molecular weight is 288 g/mol. The zero-order chi connectivity index (χ0) is 13.7. The lowest BCUT2D eigenvalue weighted by Gasteiger charge is -2.26. The molecule has 1 aromatic rings. The van der Waals surface area contributed by atoms with Gasteiger partial charge in [-0.25, -0.2) is 4.72 Å². The molecule has 0 radical (unpaired) electrons. The van der Waals surface area contributed by atoms with Gasteiger partial charge >= 0.3 is 0 Å². The fraction of sp³-hybridized carbons (Fsp3) is 0.727. The minimum Gasteiger partial charge on any atom is -0.379 e. The standard InChI is InChI=1S/C11H20N4O3S/c1-10-11(9-12-14-10)3-2-4-13-19(16,17)15-5-7-18-8-6-15/h9,13H,2-8H2,1H3,(H,12,14). The van der Waals surface area contributed by atoms with E-state index in [-0.39, 0.29) is 0 Å². The van der Waals surface area contributed by atoms with Crippen LogP contribution in [0.1, 0.15) is 17.7 Å². The summed E-state index contributed by atoms with van der Waals surface area (Å²) in [4.78, 5) is 0. The second-order valence-corrected chi connectivity index (χ2v) is 6.29. The van der Waals surface area contributed by atoms with Crippen LogP contribution in [-0.2, 0) is 21.4 Å². The van der Waals surface area contributed by atoms with E-state index in [2.05, 4.69) is 14.9 Å². The highest BCUT2D eigenvalue weighted by Crippen LogP contribution is 2.06. The largest absolute Gasteiger partial charge is 0.379 e. The maximum Gasteiger partial charge on any atom is 0.279 e. The van der Waals surface area contributed by atoms with Crippen molar-refractivity contribution in [3.8, 4) is 0 Å². The van der Waals surface area contributed by atoms with E-state index in [0.717, 1.165) is 24.1 Å². The summed E-state index contributed by atoms with van der Waals surface area (Å²) in [5.74, 6) is 0. The monoisotopic (exact) mass is 288 g/mol. The Morgan fingerprint density at radius 3 is 2.84 bits per heavy atom. The van der Waals surface area contributed by atoms with E-state index in [1.54, 1.807) is 6.20 Å². The summed E-state index contributed by atoms with van der Waals surface area (Å²) in [6, 6.07) is 0. The second-order valence-electron chi connectivity index (χ2n) is 4.53. The van der Waals surface area contributed by atoms with E-state index < -0.39 is 10.2 Å². The topological polar surface area (TPSA) is 87.3 Å². The van der Waals surface area contributed by atoms with Crippen molar-refractivity contribution in [1.29, 1.82) is 0 Å². The summed E-state index contributed by atoms with van der Waals surface area (Å²) in [6.07, 6.45) is 3.35. The summed E-state index contributed by atoms with van der Waals surface area (Å²) in [6.45, 7) is 4.18. The number of hydrogen-bond donors (Lipinski definition) is 2. The van der Waals surface area contributed by atoms with E-state index in [1.165, 1.54) is 4.31 Å². The van der Waals surface area contributed by atoms with Gasteiger partial charge in [0.15, 0.2) is 0 Å². The van der Waals surface area contributed by atoms with Crippen LogP contribution >= 0.6 is 0 Å². The Bertz CT molecular complexity index is 494. The van der Waals surface area contributed by atoms with Gasteiger partial charge in [0.05, 0.1) is 19.4 Å². The van der Waals surface area contributed by atoms with Gasteiger partial charge in [-0.15, -0.1) is 0 Å². The van der Waals surface area contributed by atoms with Gasteiger partial charge < -0.3 is 4.74 Å². The summed E-state index contributed by atoms with van der Waals surface area (Å²) >= 11 is 0. The van der Waals surface area contributed by atoms with Crippen molar-refractivity contribution in [2.75, 3.05) is 32.8 Å². The molecule has 1 saturated heterocycles. The molecule has 0 amide bonds. The highest BCUT2D eigenvalue weighted by atomic mass is 32.2. The van der Waals surface area contributed by atoms with E-state index in [4.69, 9.17) is 4.74 Å². The normalized spacial score (nSPS) is 17.7. The first-order chi connectivity index (χ1) is 9.09. The van der Waals surface area contributed by atoms with Crippen molar-refractivity contribution >= 4 is 10.2 Å². The van der Waals surface area contributed by atoms with Crippen LogP contribution in [0.4, 0.5) is 0 Å². The van der Waals surface area contributed by atoms with Crippen LogP contribution in [0.5, 0.6) is 0 Å². The maximum atomic E-state index is 12.0. The molecule has 0 saturated carbocycles. The summed E-state index contributed by atoms with van der Waals surface area (Å²) in [7, 11) is -3.35. The number of rotatable bonds is 6. The number of hydrogen-bond acceptors (Lipinski definition) is 4. The third kappa shape index (κ3) is 4.00. The molecule has 0 atom stereocenters. The van der Waals surface area contributed by atoms with Crippen molar-refractivity contribution in [1.82, 2.24) is 19.2 Å². The molecule has 1 aromatic heterocycles. The summed E-state index contributed by atoms with van der Waals surface area (Å²) in [5, 5.41) is 6.80. The zero-order valence-electron chi connectivity index (χ0n) is 11.1. The van der Waals surface area contributed by atoms with E-state index in [1.807, 2.05) is 6.92 Å².